The molecule has 3 N–H and O–H groups in total. The van der Waals surface area contributed by atoms with Crippen molar-refractivity contribution < 1.29 is 19.3 Å². The maximum Gasteiger partial charge on any atom is 0.275 e. The second-order valence-corrected chi connectivity index (χ2v) is 8.66. The lowest BCUT2D eigenvalue weighted by Crippen LogP contribution is -3.28. The van der Waals surface area contributed by atoms with E-state index < -0.39 is 0 Å². The van der Waals surface area contributed by atoms with E-state index in [1.54, 1.807) is 12.0 Å². The first-order chi connectivity index (χ1) is 14.5. The number of aryl methyl sites for hydroxylation is 2. The molecule has 5 nitrogen and oxygen atoms in total. The summed E-state index contributed by atoms with van der Waals surface area (Å²) in [5.41, 5.74) is 3.88. The second kappa shape index (κ2) is 11.1. The summed E-state index contributed by atoms with van der Waals surface area (Å²) in [6.45, 7) is 10.0. The number of carbonyl (C=O) groups excluding carboxylic acids is 1. The van der Waals surface area contributed by atoms with Crippen LogP contribution in [0, 0.1) is 6.92 Å². The van der Waals surface area contributed by atoms with Crippen LogP contribution in [0.25, 0.3) is 0 Å². The zero-order valence-corrected chi connectivity index (χ0v) is 18.7. The van der Waals surface area contributed by atoms with E-state index in [-0.39, 0.29) is 11.9 Å². The number of hydrogen-bond donors (Lipinski definition) is 3. The van der Waals surface area contributed by atoms with Crippen LogP contribution in [0.1, 0.15) is 30.0 Å². The topological polar surface area (TPSA) is 47.2 Å². The van der Waals surface area contributed by atoms with Gasteiger partial charge in [-0.15, -0.1) is 0 Å². The Morgan fingerprint density at radius 2 is 1.77 bits per heavy atom. The van der Waals surface area contributed by atoms with Crippen LogP contribution >= 0.6 is 0 Å². The molecule has 0 spiro atoms. The zero-order valence-electron chi connectivity index (χ0n) is 18.7. The molecular weight excluding hydrogens is 374 g/mol. The van der Waals surface area contributed by atoms with Crippen molar-refractivity contribution in [3.05, 3.63) is 65.2 Å². The molecule has 1 aliphatic rings. The number of quaternary nitrogens is 2. The lowest BCUT2D eigenvalue weighted by molar-refractivity contribution is -1.02. The molecule has 0 bridgehead atoms. The van der Waals surface area contributed by atoms with Gasteiger partial charge in [-0.3, -0.25) is 4.79 Å². The van der Waals surface area contributed by atoms with Gasteiger partial charge in [0.25, 0.3) is 5.91 Å². The SMILES string of the molecule is COc1ccc(C)cc1C[NH+]1CC[NH+](CC(=O)N[C@H](C)CCc2ccccc2)CC1. The standard InChI is InChI=1S/C25H35N3O2/c1-20-9-12-24(30-3)23(17-20)18-27-13-15-28(16-14-27)19-25(29)26-21(2)10-11-22-7-5-4-6-8-22/h4-9,12,17,21H,10-11,13-16,18-19H2,1-3H3,(H,26,29)/p+2/t21-/m1/s1. The van der Waals surface area contributed by atoms with Crippen molar-refractivity contribution in [3.8, 4) is 5.75 Å². The highest BCUT2D eigenvalue weighted by molar-refractivity contribution is 5.77. The van der Waals surface area contributed by atoms with Crippen LogP contribution in [0.2, 0.25) is 0 Å². The van der Waals surface area contributed by atoms with E-state index >= 15 is 0 Å². The third-order valence-electron chi connectivity index (χ3n) is 6.07. The van der Waals surface area contributed by atoms with Crippen molar-refractivity contribution >= 4 is 5.91 Å². The molecule has 3 rings (SSSR count). The molecule has 2 aromatic carbocycles. The smallest absolute Gasteiger partial charge is 0.275 e. The van der Waals surface area contributed by atoms with Crippen molar-refractivity contribution in [3.63, 3.8) is 0 Å². The monoisotopic (exact) mass is 411 g/mol. The van der Waals surface area contributed by atoms with E-state index in [1.807, 2.05) is 6.07 Å². The number of benzene rings is 2. The van der Waals surface area contributed by atoms with Gasteiger partial charge in [0.1, 0.15) is 38.5 Å². The van der Waals surface area contributed by atoms with Gasteiger partial charge in [-0.1, -0.05) is 42.0 Å². The minimum atomic E-state index is 0.175. The first-order valence-electron chi connectivity index (χ1n) is 11.2. The maximum atomic E-state index is 12.5. The Hall–Kier alpha value is -2.37. The van der Waals surface area contributed by atoms with Crippen LogP contribution in [0.15, 0.2) is 48.5 Å². The van der Waals surface area contributed by atoms with Gasteiger partial charge in [0.05, 0.1) is 7.11 Å². The number of piperazine rings is 1. The molecule has 1 saturated heterocycles. The van der Waals surface area contributed by atoms with Gasteiger partial charge < -0.3 is 19.9 Å². The molecule has 1 amide bonds. The summed E-state index contributed by atoms with van der Waals surface area (Å²) < 4.78 is 5.53. The van der Waals surface area contributed by atoms with Crippen LogP contribution in [0.5, 0.6) is 5.75 Å². The molecule has 2 aromatic rings. The Morgan fingerprint density at radius 3 is 2.47 bits per heavy atom. The molecule has 0 radical (unpaired) electrons. The molecule has 5 heteroatoms. The Balaban J connectivity index is 1.38. The summed E-state index contributed by atoms with van der Waals surface area (Å²) in [5.74, 6) is 1.15. The first kappa shape index (κ1) is 22.3. The van der Waals surface area contributed by atoms with Gasteiger partial charge in [0, 0.05) is 11.6 Å². The number of ether oxygens (including phenoxy) is 1. The molecule has 30 heavy (non-hydrogen) atoms. The fourth-order valence-corrected chi connectivity index (χ4v) is 4.28. The molecule has 1 fully saturated rings. The van der Waals surface area contributed by atoms with Gasteiger partial charge in [-0.05, 0) is 44.4 Å². The minimum Gasteiger partial charge on any atom is -0.496 e. The quantitative estimate of drug-likeness (QED) is 0.560. The maximum absolute atomic E-state index is 12.5. The van der Waals surface area contributed by atoms with E-state index in [0.29, 0.717) is 6.54 Å². The highest BCUT2D eigenvalue weighted by Gasteiger charge is 2.26. The Labute approximate surface area is 181 Å². The van der Waals surface area contributed by atoms with Gasteiger partial charge >= 0.3 is 0 Å². The van der Waals surface area contributed by atoms with Gasteiger partial charge in [0.15, 0.2) is 6.54 Å². The van der Waals surface area contributed by atoms with Gasteiger partial charge in [-0.25, -0.2) is 0 Å². The van der Waals surface area contributed by atoms with Crippen LogP contribution in [0.4, 0.5) is 0 Å². The second-order valence-electron chi connectivity index (χ2n) is 8.66. The van der Waals surface area contributed by atoms with E-state index in [2.05, 4.69) is 61.6 Å². The number of rotatable bonds is 9. The molecule has 0 aromatic heterocycles. The molecular formula is C25H37N3O2+2. The van der Waals surface area contributed by atoms with Crippen LogP contribution in [-0.4, -0.2) is 51.8 Å². The fraction of sp³-hybridized carbons (Fsp3) is 0.480. The summed E-state index contributed by atoms with van der Waals surface area (Å²) >= 11 is 0. The molecule has 1 atom stereocenters. The largest absolute Gasteiger partial charge is 0.496 e. The predicted octanol–water partition coefficient (Wildman–Crippen LogP) is 0.425. The number of hydrogen-bond acceptors (Lipinski definition) is 2. The van der Waals surface area contributed by atoms with Crippen LogP contribution < -0.4 is 19.9 Å². The van der Waals surface area contributed by atoms with Crippen molar-refractivity contribution in [1.29, 1.82) is 0 Å². The fourth-order valence-electron chi connectivity index (χ4n) is 4.28. The molecule has 162 valence electrons. The predicted molar refractivity (Wildman–Crippen MR) is 120 cm³/mol. The average Bonchev–Trinajstić information content (AvgIpc) is 2.74. The number of methoxy groups -OCH3 is 1. The highest BCUT2D eigenvalue weighted by Crippen LogP contribution is 2.18. The van der Waals surface area contributed by atoms with E-state index in [9.17, 15) is 4.79 Å². The Kier molecular flexibility index (Phi) is 8.29. The Bertz CT molecular complexity index is 801. The summed E-state index contributed by atoms with van der Waals surface area (Å²) in [7, 11) is 1.74. The third-order valence-corrected chi connectivity index (χ3v) is 6.07. The summed E-state index contributed by atoms with van der Waals surface area (Å²) in [6, 6.07) is 17.1. The third kappa shape index (κ3) is 6.85. The number of carbonyl (C=O) groups is 1. The van der Waals surface area contributed by atoms with Crippen molar-refractivity contribution in [1.82, 2.24) is 5.32 Å². The molecule has 0 unspecified atom stereocenters. The number of nitrogens with one attached hydrogen (secondary N) is 3. The van der Waals surface area contributed by atoms with E-state index in [0.717, 1.165) is 51.3 Å². The van der Waals surface area contributed by atoms with E-state index in [1.165, 1.54) is 21.6 Å². The van der Waals surface area contributed by atoms with E-state index in [4.69, 9.17) is 4.74 Å². The summed E-state index contributed by atoms with van der Waals surface area (Å²) in [5, 5.41) is 3.19. The number of amides is 1. The average molecular weight is 412 g/mol. The Morgan fingerprint density at radius 1 is 1.07 bits per heavy atom. The lowest BCUT2D eigenvalue weighted by atomic mass is 10.1. The normalized spacial score (nSPS) is 19.8. The van der Waals surface area contributed by atoms with Gasteiger partial charge in [0.2, 0.25) is 0 Å². The lowest BCUT2D eigenvalue weighted by Gasteiger charge is -2.30. The van der Waals surface area contributed by atoms with Crippen molar-refractivity contribution in [2.24, 2.45) is 0 Å². The van der Waals surface area contributed by atoms with Crippen molar-refractivity contribution in [2.45, 2.75) is 39.3 Å². The highest BCUT2D eigenvalue weighted by atomic mass is 16.5. The summed E-state index contributed by atoms with van der Waals surface area (Å²) in [6.07, 6.45) is 1.97. The van der Waals surface area contributed by atoms with Crippen molar-refractivity contribution in [2.75, 3.05) is 39.8 Å². The molecule has 0 saturated carbocycles. The minimum absolute atomic E-state index is 0.175. The first-order valence-corrected chi connectivity index (χ1v) is 11.2. The zero-order chi connectivity index (χ0) is 21.3. The molecule has 1 heterocycles. The summed E-state index contributed by atoms with van der Waals surface area (Å²) in [4.78, 5) is 15.4. The molecule has 1 aliphatic heterocycles. The van der Waals surface area contributed by atoms with Gasteiger partial charge in [-0.2, -0.15) is 0 Å². The molecule has 0 aliphatic carbocycles. The van der Waals surface area contributed by atoms with Crippen LogP contribution in [0.3, 0.4) is 0 Å². The van der Waals surface area contributed by atoms with Crippen LogP contribution in [-0.2, 0) is 17.8 Å².